The molecular weight excluding hydrogens is 244 g/mol. The van der Waals surface area contributed by atoms with E-state index in [0.717, 1.165) is 11.4 Å². The van der Waals surface area contributed by atoms with E-state index in [9.17, 15) is 10.1 Å². The van der Waals surface area contributed by atoms with Gasteiger partial charge in [0.05, 0.1) is 22.4 Å². The molecule has 0 radical (unpaired) electrons. The Hall–Kier alpha value is -2.37. The standard InChI is InChI=1S/C13H16N4O2/c1-9(2)16-8-11(7-14-16)15-12-5-4-6-13(10(12)3)17(18)19/h4-9,15H,1-3H3. The monoisotopic (exact) mass is 260 g/mol. The normalized spacial score (nSPS) is 10.7. The van der Waals surface area contributed by atoms with E-state index in [1.54, 1.807) is 19.2 Å². The maximum absolute atomic E-state index is 10.9. The van der Waals surface area contributed by atoms with Gasteiger partial charge in [-0.1, -0.05) is 6.07 Å². The second-order valence-corrected chi connectivity index (χ2v) is 4.63. The average molecular weight is 260 g/mol. The van der Waals surface area contributed by atoms with Crippen LogP contribution in [0, 0.1) is 17.0 Å². The van der Waals surface area contributed by atoms with E-state index < -0.39 is 0 Å². The zero-order valence-electron chi connectivity index (χ0n) is 11.1. The Kier molecular flexibility index (Phi) is 3.50. The molecule has 0 aliphatic heterocycles. The van der Waals surface area contributed by atoms with Crippen molar-refractivity contribution in [2.45, 2.75) is 26.8 Å². The molecule has 0 atom stereocenters. The number of benzene rings is 1. The maximum atomic E-state index is 10.9. The lowest BCUT2D eigenvalue weighted by atomic mass is 10.1. The molecule has 6 heteroatoms. The van der Waals surface area contributed by atoms with Gasteiger partial charge in [0, 0.05) is 24.0 Å². The van der Waals surface area contributed by atoms with E-state index >= 15 is 0 Å². The fourth-order valence-electron chi connectivity index (χ4n) is 1.80. The second-order valence-electron chi connectivity index (χ2n) is 4.63. The molecule has 100 valence electrons. The number of hydrogen-bond acceptors (Lipinski definition) is 4. The van der Waals surface area contributed by atoms with Gasteiger partial charge >= 0.3 is 0 Å². The van der Waals surface area contributed by atoms with Crippen molar-refractivity contribution in [1.29, 1.82) is 0 Å². The SMILES string of the molecule is Cc1c(Nc2cnn(C(C)C)c2)cccc1[N+](=O)[O-]. The van der Waals surface area contributed by atoms with Crippen molar-refractivity contribution in [3.63, 3.8) is 0 Å². The quantitative estimate of drug-likeness (QED) is 0.675. The summed E-state index contributed by atoms with van der Waals surface area (Å²) in [7, 11) is 0. The predicted octanol–water partition coefficient (Wildman–Crippen LogP) is 3.42. The van der Waals surface area contributed by atoms with E-state index in [2.05, 4.69) is 10.4 Å². The molecule has 0 spiro atoms. The fraction of sp³-hybridized carbons (Fsp3) is 0.308. The third-order valence-electron chi connectivity index (χ3n) is 2.91. The van der Waals surface area contributed by atoms with Gasteiger partial charge in [-0.25, -0.2) is 0 Å². The summed E-state index contributed by atoms with van der Waals surface area (Å²) < 4.78 is 1.83. The number of aromatic nitrogens is 2. The van der Waals surface area contributed by atoms with Crippen molar-refractivity contribution in [2.24, 2.45) is 0 Å². The van der Waals surface area contributed by atoms with Crippen LogP contribution in [0.4, 0.5) is 17.1 Å². The van der Waals surface area contributed by atoms with Crippen LogP contribution in [0.2, 0.25) is 0 Å². The van der Waals surface area contributed by atoms with Crippen LogP contribution in [-0.4, -0.2) is 14.7 Å². The molecule has 1 N–H and O–H groups in total. The number of anilines is 2. The summed E-state index contributed by atoms with van der Waals surface area (Å²) in [5, 5.41) is 18.3. The molecule has 0 unspecified atom stereocenters. The summed E-state index contributed by atoms with van der Waals surface area (Å²) >= 11 is 0. The smallest absolute Gasteiger partial charge is 0.274 e. The lowest BCUT2D eigenvalue weighted by molar-refractivity contribution is -0.385. The van der Waals surface area contributed by atoms with Crippen LogP contribution in [0.1, 0.15) is 25.5 Å². The van der Waals surface area contributed by atoms with E-state index in [1.807, 2.05) is 30.8 Å². The number of rotatable bonds is 4. The van der Waals surface area contributed by atoms with Crippen LogP contribution in [0.5, 0.6) is 0 Å². The minimum atomic E-state index is -0.377. The molecule has 0 bridgehead atoms. The van der Waals surface area contributed by atoms with Crippen molar-refractivity contribution in [2.75, 3.05) is 5.32 Å². The minimum absolute atomic E-state index is 0.112. The number of nitro benzene ring substituents is 1. The van der Waals surface area contributed by atoms with Gasteiger partial charge in [0.15, 0.2) is 0 Å². The first-order valence-electron chi connectivity index (χ1n) is 6.04. The Balaban J connectivity index is 2.28. The molecule has 2 aromatic rings. The first kappa shape index (κ1) is 13.1. The molecule has 0 saturated carbocycles. The first-order chi connectivity index (χ1) is 8.99. The van der Waals surface area contributed by atoms with Crippen LogP contribution >= 0.6 is 0 Å². The van der Waals surface area contributed by atoms with E-state index in [4.69, 9.17) is 0 Å². The Labute approximate surface area is 111 Å². The lowest BCUT2D eigenvalue weighted by Gasteiger charge is -2.08. The number of nitrogens with zero attached hydrogens (tertiary/aromatic N) is 3. The Morgan fingerprint density at radius 2 is 2.16 bits per heavy atom. The molecule has 0 amide bonds. The van der Waals surface area contributed by atoms with Crippen LogP contribution < -0.4 is 5.32 Å². The number of hydrogen-bond donors (Lipinski definition) is 1. The fourth-order valence-corrected chi connectivity index (χ4v) is 1.80. The third-order valence-corrected chi connectivity index (χ3v) is 2.91. The van der Waals surface area contributed by atoms with Gasteiger partial charge in [0.1, 0.15) is 0 Å². The van der Waals surface area contributed by atoms with Crippen LogP contribution in [0.3, 0.4) is 0 Å². The maximum Gasteiger partial charge on any atom is 0.274 e. The highest BCUT2D eigenvalue weighted by atomic mass is 16.6. The summed E-state index contributed by atoms with van der Waals surface area (Å²) in [4.78, 5) is 10.5. The molecule has 1 aromatic carbocycles. The molecule has 0 saturated heterocycles. The van der Waals surface area contributed by atoms with Gasteiger partial charge in [-0.05, 0) is 26.8 Å². The van der Waals surface area contributed by atoms with Crippen molar-refractivity contribution < 1.29 is 4.92 Å². The minimum Gasteiger partial charge on any atom is -0.353 e. The molecule has 0 aliphatic carbocycles. The predicted molar refractivity (Wildman–Crippen MR) is 73.7 cm³/mol. The van der Waals surface area contributed by atoms with Gasteiger partial charge in [-0.3, -0.25) is 14.8 Å². The molecule has 1 heterocycles. The highest BCUT2D eigenvalue weighted by Crippen LogP contribution is 2.27. The van der Waals surface area contributed by atoms with Gasteiger partial charge in [-0.2, -0.15) is 5.10 Å². The van der Waals surface area contributed by atoms with Gasteiger partial charge in [-0.15, -0.1) is 0 Å². The molecule has 1 aromatic heterocycles. The summed E-state index contributed by atoms with van der Waals surface area (Å²) in [6, 6.07) is 5.26. The Morgan fingerprint density at radius 3 is 2.74 bits per heavy atom. The second kappa shape index (κ2) is 5.09. The summed E-state index contributed by atoms with van der Waals surface area (Å²) in [6.45, 7) is 5.80. The summed E-state index contributed by atoms with van der Waals surface area (Å²) in [6.07, 6.45) is 3.58. The zero-order valence-corrected chi connectivity index (χ0v) is 11.1. The van der Waals surface area contributed by atoms with Gasteiger partial charge < -0.3 is 5.32 Å². The van der Waals surface area contributed by atoms with Crippen LogP contribution in [0.15, 0.2) is 30.6 Å². The largest absolute Gasteiger partial charge is 0.353 e. The summed E-state index contributed by atoms with van der Waals surface area (Å²) in [5.41, 5.74) is 2.26. The number of nitro groups is 1. The van der Waals surface area contributed by atoms with Crippen LogP contribution in [0.25, 0.3) is 0 Å². The highest BCUT2D eigenvalue weighted by molar-refractivity contribution is 5.66. The molecule has 2 rings (SSSR count). The molecule has 19 heavy (non-hydrogen) atoms. The van der Waals surface area contributed by atoms with Crippen molar-refractivity contribution >= 4 is 17.1 Å². The Morgan fingerprint density at radius 1 is 1.42 bits per heavy atom. The van der Waals surface area contributed by atoms with Crippen LogP contribution in [-0.2, 0) is 0 Å². The molecule has 6 nitrogen and oxygen atoms in total. The van der Waals surface area contributed by atoms with Gasteiger partial charge in [0.2, 0.25) is 0 Å². The van der Waals surface area contributed by atoms with E-state index in [0.29, 0.717) is 5.56 Å². The zero-order chi connectivity index (χ0) is 14.0. The van der Waals surface area contributed by atoms with Crippen molar-refractivity contribution in [3.8, 4) is 0 Å². The van der Waals surface area contributed by atoms with Crippen molar-refractivity contribution in [1.82, 2.24) is 9.78 Å². The third kappa shape index (κ3) is 2.73. The first-order valence-corrected chi connectivity index (χ1v) is 6.04. The Bertz CT molecular complexity index is 604. The highest BCUT2D eigenvalue weighted by Gasteiger charge is 2.13. The van der Waals surface area contributed by atoms with E-state index in [-0.39, 0.29) is 16.7 Å². The number of nitrogens with one attached hydrogen (secondary N) is 1. The molecule has 0 fully saturated rings. The van der Waals surface area contributed by atoms with Gasteiger partial charge in [0.25, 0.3) is 5.69 Å². The molecular formula is C13H16N4O2. The van der Waals surface area contributed by atoms with E-state index in [1.165, 1.54) is 6.07 Å². The van der Waals surface area contributed by atoms with Crippen molar-refractivity contribution in [3.05, 3.63) is 46.3 Å². The average Bonchev–Trinajstić information content (AvgIpc) is 2.80. The molecule has 0 aliphatic rings. The summed E-state index contributed by atoms with van der Waals surface area (Å²) in [5.74, 6) is 0. The topological polar surface area (TPSA) is 73.0 Å². The lowest BCUT2D eigenvalue weighted by Crippen LogP contribution is -2.00.